The maximum atomic E-state index is 13.4. The second-order valence-electron chi connectivity index (χ2n) is 7.79. The van der Waals surface area contributed by atoms with Crippen LogP contribution in [0.1, 0.15) is 18.9 Å². The first-order valence-electron chi connectivity index (χ1n) is 11.0. The molecule has 0 radical (unpaired) electrons. The molecule has 0 saturated heterocycles. The van der Waals surface area contributed by atoms with Crippen molar-refractivity contribution in [1.29, 1.82) is 0 Å². The monoisotopic (exact) mass is 466 g/mol. The molecule has 0 aliphatic rings. The lowest BCUT2D eigenvalue weighted by Crippen LogP contribution is -2.42. The summed E-state index contributed by atoms with van der Waals surface area (Å²) in [5, 5.41) is 2.93. The highest BCUT2D eigenvalue weighted by atomic mass is 32.2. The number of hydrogen-bond donors (Lipinski definition) is 1. The number of nitrogens with zero attached hydrogens (tertiary/aromatic N) is 1. The van der Waals surface area contributed by atoms with E-state index in [9.17, 15) is 13.2 Å². The van der Waals surface area contributed by atoms with E-state index in [0.29, 0.717) is 18.0 Å². The molecule has 0 aliphatic heterocycles. The molecule has 1 N–H and O–H groups in total. The molecular weight excluding hydrogens is 436 g/mol. The zero-order valence-corrected chi connectivity index (χ0v) is 19.8. The molecule has 6 nitrogen and oxygen atoms in total. The van der Waals surface area contributed by atoms with Crippen molar-refractivity contribution in [3.05, 3.63) is 90.5 Å². The number of ether oxygens (including phenoxy) is 1. The van der Waals surface area contributed by atoms with Crippen LogP contribution in [0, 0.1) is 5.92 Å². The van der Waals surface area contributed by atoms with Crippen molar-refractivity contribution in [3.8, 4) is 5.75 Å². The lowest BCUT2D eigenvalue weighted by molar-refractivity contribution is -0.119. The van der Waals surface area contributed by atoms with Gasteiger partial charge >= 0.3 is 0 Å². The molecule has 0 fully saturated rings. The summed E-state index contributed by atoms with van der Waals surface area (Å²) in [6.45, 7) is 2.23. The van der Waals surface area contributed by atoms with Gasteiger partial charge in [-0.05, 0) is 42.2 Å². The van der Waals surface area contributed by atoms with Crippen molar-refractivity contribution >= 4 is 21.6 Å². The topological polar surface area (TPSA) is 75.7 Å². The summed E-state index contributed by atoms with van der Waals surface area (Å²) >= 11 is 0. The smallest absolute Gasteiger partial charge is 0.264 e. The maximum absolute atomic E-state index is 13.4. The number of anilines is 1. The SMILES string of the molecule is CCC(CNC(=O)CN(c1cccc(OC)c1)S(=O)(=O)c1ccccc1)Cc1ccccc1. The second-order valence-corrected chi connectivity index (χ2v) is 9.66. The van der Waals surface area contributed by atoms with Crippen molar-refractivity contribution < 1.29 is 17.9 Å². The second kappa shape index (κ2) is 11.5. The summed E-state index contributed by atoms with van der Waals surface area (Å²) in [5.74, 6) is 0.409. The van der Waals surface area contributed by atoms with E-state index in [1.54, 1.807) is 42.5 Å². The van der Waals surface area contributed by atoms with Crippen LogP contribution in [0.5, 0.6) is 5.75 Å². The quantitative estimate of drug-likeness (QED) is 0.458. The lowest BCUT2D eigenvalue weighted by atomic mass is 9.97. The van der Waals surface area contributed by atoms with Crippen LogP contribution in [0.3, 0.4) is 0 Å². The number of rotatable bonds is 11. The van der Waals surface area contributed by atoms with Gasteiger partial charge in [0.25, 0.3) is 10.0 Å². The van der Waals surface area contributed by atoms with Crippen LogP contribution in [0.2, 0.25) is 0 Å². The van der Waals surface area contributed by atoms with Crippen molar-refractivity contribution in [2.24, 2.45) is 5.92 Å². The van der Waals surface area contributed by atoms with Crippen molar-refractivity contribution in [3.63, 3.8) is 0 Å². The van der Waals surface area contributed by atoms with E-state index >= 15 is 0 Å². The summed E-state index contributed by atoms with van der Waals surface area (Å²) < 4.78 is 33.2. The fourth-order valence-corrected chi connectivity index (χ4v) is 4.99. The predicted octanol–water partition coefficient (Wildman–Crippen LogP) is 4.28. The van der Waals surface area contributed by atoms with Crippen LogP contribution in [0.25, 0.3) is 0 Å². The van der Waals surface area contributed by atoms with Gasteiger partial charge < -0.3 is 10.1 Å². The van der Waals surface area contributed by atoms with E-state index in [4.69, 9.17) is 4.74 Å². The molecule has 174 valence electrons. The van der Waals surface area contributed by atoms with Gasteiger partial charge in [-0.15, -0.1) is 0 Å². The number of carbonyl (C=O) groups excluding carboxylic acids is 1. The highest BCUT2D eigenvalue weighted by molar-refractivity contribution is 7.92. The number of sulfonamides is 1. The molecule has 0 aliphatic carbocycles. The van der Waals surface area contributed by atoms with Crippen LogP contribution >= 0.6 is 0 Å². The van der Waals surface area contributed by atoms with Crippen LogP contribution in [-0.4, -0.2) is 34.5 Å². The average molecular weight is 467 g/mol. The van der Waals surface area contributed by atoms with Gasteiger partial charge in [0.2, 0.25) is 5.91 Å². The molecule has 0 aromatic heterocycles. The average Bonchev–Trinajstić information content (AvgIpc) is 2.86. The van der Waals surface area contributed by atoms with Crippen LogP contribution < -0.4 is 14.4 Å². The maximum Gasteiger partial charge on any atom is 0.264 e. The molecule has 0 spiro atoms. The molecule has 33 heavy (non-hydrogen) atoms. The number of nitrogens with one attached hydrogen (secondary N) is 1. The van der Waals surface area contributed by atoms with E-state index in [1.807, 2.05) is 18.2 Å². The fraction of sp³-hybridized carbons (Fsp3) is 0.269. The van der Waals surface area contributed by atoms with Crippen molar-refractivity contribution in [1.82, 2.24) is 5.32 Å². The third-order valence-corrected chi connectivity index (χ3v) is 7.28. The number of amides is 1. The third kappa shape index (κ3) is 6.58. The van der Waals surface area contributed by atoms with Gasteiger partial charge in [-0.2, -0.15) is 0 Å². The Bertz CT molecular complexity index is 1140. The number of methoxy groups -OCH3 is 1. The zero-order valence-electron chi connectivity index (χ0n) is 19.0. The van der Waals surface area contributed by atoms with E-state index in [0.717, 1.165) is 17.1 Å². The van der Waals surface area contributed by atoms with Gasteiger partial charge in [-0.1, -0.05) is 67.9 Å². The Morgan fingerprint density at radius 2 is 1.64 bits per heavy atom. The largest absolute Gasteiger partial charge is 0.497 e. The number of benzene rings is 3. The molecule has 1 atom stereocenters. The van der Waals surface area contributed by atoms with Crippen LogP contribution in [-0.2, 0) is 21.2 Å². The first kappa shape index (κ1) is 24.3. The Kier molecular flexibility index (Phi) is 8.49. The Labute approximate surface area is 196 Å². The lowest BCUT2D eigenvalue weighted by Gasteiger charge is -2.25. The van der Waals surface area contributed by atoms with Crippen LogP contribution in [0.15, 0.2) is 89.8 Å². The fourth-order valence-electron chi connectivity index (χ4n) is 3.55. The molecule has 3 aromatic carbocycles. The number of hydrogen-bond acceptors (Lipinski definition) is 4. The van der Waals surface area contributed by atoms with E-state index in [1.165, 1.54) is 24.8 Å². The predicted molar refractivity (Wildman–Crippen MR) is 131 cm³/mol. The van der Waals surface area contributed by atoms with E-state index in [2.05, 4.69) is 24.4 Å². The molecule has 0 bridgehead atoms. The normalized spacial score (nSPS) is 12.1. The minimum Gasteiger partial charge on any atom is -0.497 e. The van der Waals surface area contributed by atoms with Gasteiger partial charge in [-0.3, -0.25) is 9.10 Å². The molecule has 0 saturated carbocycles. The minimum atomic E-state index is -3.95. The van der Waals surface area contributed by atoms with Crippen molar-refractivity contribution in [2.45, 2.75) is 24.7 Å². The Balaban J connectivity index is 1.77. The molecule has 3 aromatic rings. The third-order valence-electron chi connectivity index (χ3n) is 5.49. The van der Waals surface area contributed by atoms with Gasteiger partial charge in [0, 0.05) is 12.6 Å². The molecule has 7 heteroatoms. The van der Waals surface area contributed by atoms with Gasteiger partial charge in [0.1, 0.15) is 12.3 Å². The molecule has 3 rings (SSSR count). The van der Waals surface area contributed by atoms with Gasteiger partial charge in [-0.25, -0.2) is 8.42 Å². The van der Waals surface area contributed by atoms with Crippen LogP contribution in [0.4, 0.5) is 5.69 Å². The summed E-state index contributed by atoms with van der Waals surface area (Å²) in [7, 11) is -2.44. The Morgan fingerprint density at radius 3 is 2.27 bits per heavy atom. The van der Waals surface area contributed by atoms with E-state index < -0.39 is 10.0 Å². The highest BCUT2D eigenvalue weighted by Gasteiger charge is 2.27. The highest BCUT2D eigenvalue weighted by Crippen LogP contribution is 2.26. The molecular formula is C26H30N2O4S. The summed E-state index contributed by atoms with van der Waals surface area (Å²) in [6, 6.07) is 24.9. The minimum absolute atomic E-state index is 0.121. The molecule has 0 heterocycles. The van der Waals surface area contributed by atoms with Crippen molar-refractivity contribution in [2.75, 3.05) is 24.5 Å². The Morgan fingerprint density at radius 1 is 0.970 bits per heavy atom. The summed E-state index contributed by atoms with van der Waals surface area (Å²) in [6.07, 6.45) is 1.75. The Hall–Kier alpha value is -3.32. The first-order valence-corrected chi connectivity index (χ1v) is 12.4. The zero-order chi connectivity index (χ0) is 23.7. The summed E-state index contributed by atoms with van der Waals surface area (Å²) in [4.78, 5) is 13.0. The summed E-state index contributed by atoms with van der Waals surface area (Å²) in [5.41, 5.74) is 1.58. The number of carbonyl (C=O) groups is 1. The molecule has 1 unspecified atom stereocenters. The van der Waals surface area contributed by atoms with E-state index in [-0.39, 0.29) is 23.3 Å². The standard InChI is InChI=1S/C26H30N2O4S/c1-3-21(17-22-11-6-4-7-12-22)19-27-26(29)20-28(23-13-10-14-24(18-23)32-2)33(30,31)25-15-8-5-9-16-25/h4-16,18,21H,3,17,19-20H2,1-2H3,(H,27,29). The van der Waals surface area contributed by atoms with Gasteiger partial charge in [0.15, 0.2) is 0 Å². The molecule has 1 amide bonds. The van der Waals surface area contributed by atoms with Gasteiger partial charge in [0.05, 0.1) is 17.7 Å². The first-order chi connectivity index (χ1) is 15.9.